The molecule has 1 fully saturated rings. The van der Waals surface area contributed by atoms with E-state index >= 15 is 0 Å². The molecule has 0 saturated carbocycles. The molecule has 102 valence electrons. The summed E-state index contributed by atoms with van der Waals surface area (Å²) in [5.74, 6) is 2.44. The van der Waals surface area contributed by atoms with Gasteiger partial charge in [-0.3, -0.25) is 0 Å². The highest BCUT2D eigenvalue weighted by Crippen LogP contribution is 2.43. The van der Waals surface area contributed by atoms with E-state index < -0.39 is 0 Å². The topological polar surface area (TPSA) is 21.3 Å². The van der Waals surface area contributed by atoms with E-state index in [2.05, 4.69) is 53.8 Å². The summed E-state index contributed by atoms with van der Waals surface area (Å²) in [6, 6.07) is 17.2. The zero-order chi connectivity index (χ0) is 13.4. The third-order valence-corrected chi connectivity index (χ3v) is 4.60. The highest BCUT2D eigenvalue weighted by molar-refractivity contribution is 5.72. The average Bonchev–Trinajstić information content (AvgIpc) is 2.90. The molecule has 20 heavy (non-hydrogen) atoms. The molecule has 0 unspecified atom stereocenters. The molecule has 0 aromatic heterocycles. The number of nitrogens with one attached hydrogen (secondary N) is 1. The number of hydrogen-bond acceptors (Lipinski definition) is 2. The van der Waals surface area contributed by atoms with Crippen LogP contribution >= 0.6 is 0 Å². The molecule has 2 heteroatoms. The third kappa shape index (κ3) is 1.92. The normalized spacial score (nSPS) is 24.4. The predicted molar refractivity (Wildman–Crippen MR) is 81.1 cm³/mol. The van der Waals surface area contributed by atoms with Crippen LogP contribution in [-0.2, 0) is 0 Å². The van der Waals surface area contributed by atoms with Gasteiger partial charge in [0, 0.05) is 18.0 Å². The quantitative estimate of drug-likeness (QED) is 0.853. The molecular weight excluding hydrogens is 246 g/mol. The van der Waals surface area contributed by atoms with Gasteiger partial charge >= 0.3 is 0 Å². The zero-order valence-electron chi connectivity index (χ0n) is 11.5. The average molecular weight is 265 g/mol. The molecule has 1 saturated heterocycles. The highest BCUT2D eigenvalue weighted by atomic mass is 16.5. The van der Waals surface area contributed by atoms with Crippen molar-refractivity contribution in [3.8, 4) is 16.9 Å². The Morgan fingerprint density at radius 1 is 0.950 bits per heavy atom. The van der Waals surface area contributed by atoms with E-state index in [1.807, 2.05) is 0 Å². The fourth-order valence-corrected chi connectivity index (χ4v) is 3.57. The fraction of sp³-hybridized carbons (Fsp3) is 0.333. The van der Waals surface area contributed by atoms with Crippen molar-refractivity contribution in [2.45, 2.75) is 12.3 Å². The third-order valence-electron chi connectivity index (χ3n) is 4.60. The van der Waals surface area contributed by atoms with Crippen LogP contribution in [-0.4, -0.2) is 19.7 Å². The van der Waals surface area contributed by atoms with Crippen molar-refractivity contribution < 1.29 is 4.74 Å². The van der Waals surface area contributed by atoms with E-state index in [4.69, 9.17) is 4.74 Å². The first-order valence-electron chi connectivity index (χ1n) is 7.45. The lowest BCUT2D eigenvalue weighted by Crippen LogP contribution is -2.11. The van der Waals surface area contributed by atoms with Crippen LogP contribution in [0.1, 0.15) is 17.9 Å². The van der Waals surface area contributed by atoms with Crippen LogP contribution in [0, 0.1) is 5.92 Å². The van der Waals surface area contributed by atoms with Gasteiger partial charge in [0.05, 0.1) is 6.61 Å². The Labute approximate surface area is 119 Å². The van der Waals surface area contributed by atoms with Crippen LogP contribution < -0.4 is 10.1 Å². The second-order valence-electron chi connectivity index (χ2n) is 5.75. The summed E-state index contributed by atoms with van der Waals surface area (Å²) in [5.41, 5.74) is 3.86. The Morgan fingerprint density at radius 3 is 2.75 bits per heavy atom. The Morgan fingerprint density at radius 2 is 1.85 bits per heavy atom. The SMILES string of the molecule is c1ccc(-c2cccc3c2OCC[C@H]2CNC[C@H]32)cc1. The maximum Gasteiger partial charge on any atom is 0.130 e. The van der Waals surface area contributed by atoms with Gasteiger partial charge in [-0.25, -0.2) is 0 Å². The number of hydrogen-bond donors (Lipinski definition) is 1. The maximum atomic E-state index is 6.14. The molecule has 1 N–H and O–H groups in total. The second-order valence-corrected chi connectivity index (χ2v) is 5.75. The number of para-hydroxylation sites is 1. The van der Waals surface area contributed by atoms with Crippen molar-refractivity contribution >= 4 is 0 Å². The van der Waals surface area contributed by atoms with Gasteiger partial charge in [-0.1, -0.05) is 48.5 Å². The molecular formula is C18H19NO. The minimum atomic E-state index is 0.608. The smallest absolute Gasteiger partial charge is 0.130 e. The Kier molecular flexibility index (Phi) is 2.96. The minimum Gasteiger partial charge on any atom is -0.493 e. The van der Waals surface area contributed by atoms with Gasteiger partial charge in [0.15, 0.2) is 0 Å². The van der Waals surface area contributed by atoms with Crippen molar-refractivity contribution in [1.82, 2.24) is 5.32 Å². The maximum absolute atomic E-state index is 6.14. The first-order chi connectivity index (χ1) is 9.93. The highest BCUT2D eigenvalue weighted by Gasteiger charge is 2.33. The van der Waals surface area contributed by atoms with Gasteiger partial charge in [-0.05, 0) is 30.0 Å². The molecule has 2 aliphatic rings. The Bertz CT molecular complexity index is 608. The van der Waals surface area contributed by atoms with E-state index in [1.54, 1.807) is 0 Å². The second kappa shape index (κ2) is 4.95. The molecule has 2 aliphatic heterocycles. The molecule has 2 atom stereocenters. The summed E-state index contributed by atoms with van der Waals surface area (Å²) in [4.78, 5) is 0. The lowest BCUT2D eigenvalue weighted by atomic mass is 9.86. The van der Waals surface area contributed by atoms with E-state index in [9.17, 15) is 0 Å². The molecule has 2 nitrogen and oxygen atoms in total. The van der Waals surface area contributed by atoms with Crippen LogP contribution in [0.15, 0.2) is 48.5 Å². The molecule has 2 heterocycles. The van der Waals surface area contributed by atoms with E-state index in [0.717, 1.165) is 37.8 Å². The molecule has 0 spiro atoms. The molecule has 4 rings (SSSR count). The van der Waals surface area contributed by atoms with Crippen LogP contribution in [0.2, 0.25) is 0 Å². The summed E-state index contributed by atoms with van der Waals surface area (Å²) in [6.07, 6.45) is 1.15. The Hall–Kier alpha value is -1.80. The molecule has 2 aromatic rings. The van der Waals surface area contributed by atoms with E-state index in [-0.39, 0.29) is 0 Å². The van der Waals surface area contributed by atoms with Crippen molar-refractivity contribution in [3.05, 3.63) is 54.1 Å². The van der Waals surface area contributed by atoms with Crippen LogP contribution in [0.5, 0.6) is 5.75 Å². The molecule has 0 bridgehead atoms. The first kappa shape index (κ1) is 12.0. The Balaban J connectivity index is 1.85. The predicted octanol–water partition coefficient (Wildman–Crippen LogP) is 3.44. The standard InChI is InChI=1S/C18H19NO/c1-2-5-13(6-3-1)15-7-4-8-16-17-12-19-11-14(17)9-10-20-18(15)16/h1-8,14,17,19H,9-12H2/t14-,17-/m0/s1. The van der Waals surface area contributed by atoms with Gasteiger partial charge in [-0.2, -0.15) is 0 Å². The molecule has 0 radical (unpaired) electrons. The van der Waals surface area contributed by atoms with Crippen LogP contribution in [0.3, 0.4) is 0 Å². The number of rotatable bonds is 1. The van der Waals surface area contributed by atoms with E-state index in [1.165, 1.54) is 16.7 Å². The van der Waals surface area contributed by atoms with Crippen molar-refractivity contribution in [3.63, 3.8) is 0 Å². The number of benzene rings is 2. The van der Waals surface area contributed by atoms with Gasteiger partial charge in [-0.15, -0.1) is 0 Å². The fourth-order valence-electron chi connectivity index (χ4n) is 3.57. The largest absolute Gasteiger partial charge is 0.493 e. The van der Waals surface area contributed by atoms with Crippen LogP contribution in [0.25, 0.3) is 11.1 Å². The summed E-state index contributed by atoms with van der Waals surface area (Å²) in [5, 5.41) is 3.54. The summed E-state index contributed by atoms with van der Waals surface area (Å²) >= 11 is 0. The first-order valence-corrected chi connectivity index (χ1v) is 7.45. The van der Waals surface area contributed by atoms with Crippen molar-refractivity contribution in [2.75, 3.05) is 19.7 Å². The molecule has 0 aliphatic carbocycles. The summed E-state index contributed by atoms with van der Waals surface area (Å²) in [6.45, 7) is 3.04. The lowest BCUT2D eigenvalue weighted by Gasteiger charge is -2.18. The zero-order valence-corrected chi connectivity index (χ0v) is 11.5. The minimum absolute atomic E-state index is 0.608. The number of fused-ring (bicyclic) bond motifs is 3. The van der Waals surface area contributed by atoms with Gasteiger partial charge in [0.2, 0.25) is 0 Å². The monoisotopic (exact) mass is 265 g/mol. The van der Waals surface area contributed by atoms with Gasteiger partial charge in [0.1, 0.15) is 5.75 Å². The van der Waals surface area contributed by atoms with Crippen LogP contribution in [0.4, 0.5) is 0 Å². The molecule has 0 amide bonds. The van der Waals surface area contributed by atoms with Gasteiger partial charge in [0.25, 0.3) is 0 Å². The van der Waals surface area contributed by atoms with Gasteiger partial charge < -0.3 is 10.1 Å². The summed E-state index contributed by atoms with van der Waals surface area (Å²) in [7, 11) is 0. The summed E-state index contributed by atoms with van der Waals surface area (Å²) < 4.78 is 6.14. The van der Waals surface area contributed by atoms with Crippen molar-refractivity contribution in [1.29, 1.82) is 0 Å². The number of ether oxygens (including phenoxy) is 1. The van der Waals surface area contributed by atoms with E-state index in [0.29, 0.717) is 5.92 Å². The lowest BCUT2D eigenvalue weighted by molar-refractivity contribution is 0.297. The molecule has 2 aromatic carbocycles. The van der Waals surface area contributed by atoms with Crippen molar-refractivity contribution in [2.24, 2.45) is 5.92 Å².